The third kappa shape index (κ3) is 3.66. The van der Waals surface area contributed by atoms with Crippen LogP contribution in [-0.2, 0) is 20.7 Å². The van der Waals surface area contributed by atoms with Crippen molar-refractivity contribution >= 4 is 23.8 Å². The van der Waals surface area contributed by atoms with Gasteiger partial charge in [0.25, 0.3) is 0 Å². The number of rotatable bonds is 7. The molecule has 0 saturated carbocycles. The molecule has 0 radical (unpaired) electrons. The lowest BCUT2D eigenvalue weighted by atomic mass is 10.0. The quantitative estimate of drug-likeness (QED) is 0.587. The molecular weight excluding hydrogens is 272 g/mol. The van der Waals surface area contributed by atoms with Gasteiger partial charge >= 0.3 is 0 Å². The number of Topliss-reactive ketones (excluding diaryl/α,β-unsaturated/α-hetero) is 1. The Morgan fingerprint density at radius 2 is 2.24 bits per heavy atom. The SMILES string of the molecule is COCC(=O)NCCC(=O)c1ccc2c(c1)CCN2C=O. The van der Waals surface area contributed by atoms with Crippen LogP contribution in [0.1, 0.15) is 22.3 Å². The van der Waals surface area contributed by atoms with Crippen molar-refractivity contribution in [2.75, 3.05) is 31.7 Å². The van der Waals surface area contributed by atoms with Crippen molar-refractivity contribution in [2.45, 2.75) is 12.8 Å². The second-order valence-electron chi connectivity index (χ2n) is 4.85. The van der Waals surface area contributed by atoms with Crippen molar-refractivity contribution < 1.29 is 19.1 Å². The van der Waals surface area contributed by atoms with E-state index in [1.165, 1.54) is 7.11 Å². The standard InChI is InChI=1S/C15H18N2O4/c1-21-9-15(20)16-6-4-14(19)12-2-3-13-11(8-12)5-7-17(13)10-18/h2-3,8,10H,4-7,9H2,1H3,(H,16,20). The van der Waals surface area contributed by atoms with Gasteiger partial charge in [0.2, 0.25) is 12.3 Å². The minimum atomic E-state index is -0.235. The van der Waals surface area contributed by atoms with Crippen LogP contribution in [0, 0.1) is 0 Å². The van der Waals surface area contributed by atoms with Crippen molar-refractivity contribution in [1.29, 1.82) is 0 Å². The third-order valence-corrected chi connectivity index (χ3v) is 3.41. The maximum Gasteiger partial charge on any atom is 0.245 e. The first-order valence-corrected chi connectivity index (χ1v) is 6.79. The summed E-state index contributed by atoms with van der Waals surface area (Å²) in [5.41, 5.74) is 2.49. The fraction of sp³-hybridized carbons (Fsp3) is 0.400. The van der Waals surface area contributed by atoms with Crippen molar-refractivity contribution in [3.63, 3.8) is 0 Å². The molecule has 0 atom stereocenters. The Labute approximate surface area is 123 Å². The Balaban J connectivity index is 1.92. The summed E-state index contributed by atoms with van der Waals surface area (Å²) in [6.07, 6.45) is 1.81. The number of methoxy groups -OCH3 is 1. The van der Waals surface area contributed by atoms with Gasteiger partial charge in [0.1, 0.15) is 6.61 Å². The van der Waals surface area contributed by atoms with E-state index in [1.54, 1.807) is 17.0 Å². The molecule has 0 bridgehead atoms. The highest BCUT2D eigenvalue weighted by atomic mass is 16.5. The zero-order valence-corrected chi connectivity index (χ0v) is 11.9. The van der Waals surface area contributed by atoms with Gasteiger partial charge in [-0.25, -0.2) is 0 Å². The molecule has 6 heteroatoms. The molecule has 1 aromatic rings. The van der Waals surface area contributed by atoms with Crippen LogP contribution >= 0.6 is 0 Å². The molecule has 2 amide bonds. The Kier molecular flexibility index (Phi) is 5.05. The lowest BCUT2D eigenvalue weighted by Gasteiger charge is -2.10. The maximum atomic E-state index is 12.1. The van der Waals surface area contributed by atoms with Gasteiger partial charge in [-0.05, 0) is 30.2 Å². The first kappa shape index (κ1) is 15.2. The number of ether oxygens (including phenoxy) is 1. The molecular formula is C15H18N2O4. The van der Waals surface area contributed by atoms with Crippen molar-refractivity contribution in [3.05, 3.63) is 29.3 Å². The maximum absolute atomic E-state index is 12.1. The van der Waals surface area contributed by atoms with E-state index in [4.69, 9.17) is 0 Å². The van der Waals surface area contributed by atoms with Crippen LogP contribution in [-0.4, -0.2) is 44.9 Å². The Bertz CT molecular complexity index is 557. The fourth-order valence-corrected chi connectivity index (χ4v) is 2.35. The highest BCUT2D eigenvalue weighted by Crippen LogP contribution is 2.27. The summed E-state index contributed by atoms with van der Waals surface area (Å²) in [6, 6.07) is 5.35. The lowest BCUT2D eigenvalue weighted by molar-refractivity contribution is -0.124. The third-order valence-electron chi connectivity index (χ3n) is 3.41. The second-order valence-corrected chi connectivity index (χ2v) is 4.85. The minimum Gasteiger partial charge on any atom is -0.375 e. The van der Waals surface area contributed by atoms with Crippen LogP contribution in [0.15, 0.2) is 18.2 Å². The van der Waals surface area contributed by atoms with Gasteiger partial charge in [-0.2, -0.15) is 0 Å². The van der Waals surface area contributed by atoms with Crippen LogP contribution in [0.5, 0.6) is 0 Å². The molecule has 1 aliphatic rings. The summed E-state index contributed by atoms with van der Waals surface area (Å²) in [5, 5.41) is 2.61. The molecule has 0 aliphatic carbocycles. The Hall–Kier alpha value is -2.21. The number of carbonyl (C=O) groups is 3. The predicted molar refractivity (Wildman–Crippen MR) is 77.4 cm³/mol. The van der Waals surface area contributed by atoms with E-state index in [9.17, 15) is 14.4 Å². The van der Waals surface area contributed by atoms with E-state index in [-0.39, 0.29) is 24.7 Å². The van der Waals surface area contributed by atoms with Crippen molar-refractivity contribution in [2.24, 2.45) is 0 Å². The van der Waals surface area contributed by atoms with E-state index in [0.29, 0.717) is 18.7 Å². The number of amides is 2. The summed E-state index contributed by atoms with van der Waals surface area (Å²) >= 11 is 0. The van der Waals surface area contributed by atoms with Crippen LogP contribution in [0.3, 0.4) is 0 Å². The number of hydrogen-bond acceptors (Lipinski definition) is 4. The van der Waals surface area contributed by atoms with E-state index < -0.39 is 0 Å². The zero-order valence-electron chi connectivity index (χ0n) is 11.9. The molecule has 2 rings (SSSR count). The number of hydrogen-bond donors (Lipinski definition) is 1. The molecule has 1 aliphatic heterocycles. The van der Waals surface area contributed by atoms with E-state index in [0.717, 1.165) is 24.1 Å². The molecule has 0 unspecified atom stereocenters. The lowest BCUT2D eigenvalue weighted by Crippen LogP contribution is -2.29. The Morgan fingerprint density at radius 1 is 1.43 bits per heavy atom. The second kappa shape index (κ2) is 6.99. The van der Waals surface area contributed by atoms with Gasteiger partial charge in [-0.3, -0.25) is 14.4 Å². The van der Waals surface area contributed by atoms with Gasteiger partial charge in [0.15, 0.2) is 5.78 Å². The molecule has 0 fully saturated rings. The van der Waals surface area contributed by atoms with Crippen LogP contribution in [0.4, 0.5) is 5.69 Å². The van der Waals surface area contributed by atoms with Gasteiger partial charge in [0, 0.05) is 37.9 Å². The van der Waals surface area contributed by atoms with Gasteiger partial charge in [-0.15, -0.1) is 0 Å². The molecule has 21 heavy (non-hydrogen) atoms. The first-order valence-electron chi connectivity index (χ1n) is 6.79. The number of ketones is 1. The smallest absolute Gasteiger partial charge is 0.245 e. The number of nitrogens with one attached hydrogen (secondary N) is 1. The van der Waals surface area contributed by atoms with E-state index >= 15 is 0 Å². The molecule has 6 nitrogen and oxygen atoms in total. The molecule has 112 valence electrons. The number of nitrogens with zero attached hydrogens (tertiary/aromatic N) is 1. The summed E-state index contributed by atoms with van der Waals surface area (Å²) in [4.78, 5) is 35.8. The number of anilines is 1. The topological polar surface area (TPSA) is 75.7 Å². The monoisotopic (exact) mass is 290 g/mol. The van der Waals surface area contributed by atoms with Gasteiger partial charge in [0.05, 0.1) is 0 Å². The largest absolute Gasteiger partial charge is 0.375 e. The Morgan fingerprint density at radius 3 is 2.95 bits per heavy atom. The van der Waals surface area contributed by atoms with Gasteiger partial charge < -0.3 is 15.0 Å². The highest BCUT2D eigenvalue weighted by molar-refractivity contribution is 5.97. The molecule has 0 spiro atoms. The van der Waals surface area contributed by atoms with Crippen LogP contribution < -0.4 is 10.2 Å². The van der Waals surface area contributed by atoms with Crippen molar-refractivity contribution in [3.8, 4) is 0 Å². The molecule has 1 N–H and O–H groups in total. The van der Waals surface area contributed by atoms with Gasteiger partial charge in [-0.1, -0.05) is 0 Å². The number of fused-ring (bicyclic) bond motifs is 1. The number of benzene rings is 1. The van der Waals surface area contributed by atoms with Crippen LogP contribution in [0.25, 0.3) is 0 Å². The number of carbonyl (C=O) groups excluding carboxylic acids is 3. The molecule has 0 aromatic heterocycles. The zero-order chi connectivity index (χ0) is 15.2. The average Bonchev–Trinajstić information content (AvgIpc) is 2.89. The molecule has 0 saturated heterocycles. The summed E-state index contributed by atoms with van der Waals surface area (Å²) in [6.45, 7) is 0.941. The van der Waals surface area contributed by atoms with Crippen LogP contribution in [0.2, 0.25) is 0 Å². The summed E-state index contributed by atoms with van der Waals surface area (Å²) in [7, 11) is 1.44. The fourth-order valence-electron chi connectivity index (χ4n) is 2.35. The summed E-state index contributed by atoms with van der Waals surface area (Å²) < 4.78 is 4.69. The van der Waals surface area contributed by atoms with E-state index in [1.807, 2.05) is 6.07 Å². The van der Waals surface area contributed by atoms with E-state index in [2.05, 4.69) is 10.1 Å². The first-order chi connectivity index (χ1) is 10.2. The normalized spacial score (nSPS) is 12.9. The molecule has 1 heterocycles. The van der Waals surface area contributed by atoms with Crippen molar-refractivity contribution in [1.82, 2.24) is 5.32 Å². The highest BCUT2D eigenvalue weighted by Gasteiger charge is 2.19. The minimum absolute atomic E-state index is 0.00539. The average molecular weight is 290 g/mol. The summed E-state index contributed by atoms with van der Waals surface area (Å²) in [5.74, 6) is -0.263. The molecule has 1 aromatic carbocycles. The predicted octanol–water partition coefficient (Wildman–Crippen LogP) is 0.541.